The average molecular weight is 175 g/mol. The molecule has 64 valence electrons. The van der Waals surface area contributed by atoms with Gasteiger partial charge in [-0.1, -0.05) is 26.2 Å². The Kier molecular flexibility index (Phi) is 2.94. The van der Waals surface area contributed by atoms with E-state index in [0.29, 0.717) is 6.42 Å². The topological polar surface area (TPSA) is 17.1 Å². The van der Waals surface area contributed by atoms with Crippen LogP contribution in [-0.4, -0.2) is 5.24 Å². The number of rotatable bonds is 2. The fourth-order valence-corrected chi connectivity index (χ4v) is 2.24. The van der Waals surface area contributed by atoms with Crippen LogP contribution in [0.25, 0.3) is 0 Å². The van der Waals surface area contributed by atoms with Crippen LogP contribution in [0.4, 0.5) is 0 Å². The molecule has 0 unspecified atom stereocenters. The van der Waals surface area contributed by atoms with Crippen molar-refractivity contribution < 1.29 is 4.79 Å². The van der Waals surface area contributed by atoms with Gasteiger partial charge < -0.3 is 0 Å². The molecule has 0 aromatic carbocycles. The maximum atomic E-state index is 10.7. The molecular formula is C9H15ClO. The summed E-state index contributed by atoms with van der Waals surface area (Å²) in [5, 5.41) is -0.172. The molecular weight excluding hydrogens is 160 g/mol. The van der Waals surface area contributed by atoms with Crippen LogP contribution in [0.1, 0.15) is 45.4 Å². The van der Waals surface area contributed by atoms with Gasteiger partial charge in [-0.3, -0.25) is 4.79 Å². The van der Waals surface area contributed by atoms with E-state index in [1.807, 2.05) is 0 Å². The molecule has 0 radical (unpaired) electrons. The van der Waals surface area contributed by atoms with E-state index in [4.69, 9.17) is 11.6 Å². The predicted molar refractivity (Wildman–Crippen MR) is 46.7 cm³/mol. The average Bonchev–Trinajstić information content (AvgIpc) is 1.85. The first-order valence-corrected chi connectivity index (χ1v) is 4.69. The summed E-state index contributed by atoms with van der Waals surface area (Å²) in [5.74, 6) is 0. The van der Waals surface area contributed by atoms with E-state index in [1.54, 1.807) is 0 Å². The lowest BCUT2D eigenvalue weighted by Crippen LogP contribution is -2.22. The van der Waals surface area contributed by atoms with Gasteiger partial charge in [0.2, 0.25) is 5.24 Å². The molecule has 1 saturated carbocycles. The summed E-state index contributed by atoms with van der Waals surface area (Å²) in [6.45, 7) is 2.17. The lowest BCUT2D eigenvalue weighted by Gasteiger charge is -2.32. The molecule has 1 rings (SSSR count). The van der Waals surface area contributed by atoms with Gasteiger partial charge >= 0.3 is 0 Å². The molecule has 1 fully saturated rings. The molecule has 0 aliphatic heterocycles. The Hall–Kier alpha value is -0.0400. The molecule has 1 nitrogen and oxygen atoms in total. The Morgan fingerprint density at radius 1 is 1.36 bits per heavy atom. The number of halogens is 1. The Labute approximate surface area is 73.1 Å². The number of carbonyl (C=O) groups is 1. The molecule has 0 aromatic heterocycles. The van der Waals surface area contributed by atoms with E-state index in [9.17, 15) is 4.79 Å². The highest BCUT2D eigenvalue weighted by Crippen LogP contribution is 2.38. The normalized spacial score (nSPS) is 23.1. The van der Waals surface area contributed by atoms with Crippen molar-refractivity contribution in [3.05, 3.63) is 0 Å². The monoisotopic (exact) mass is 174 g/mol. The molecule has 0 atom stereocenters. The lowest BCUT2D eigenvalue weighted by atomic mass is 9.74. The van der Waals surface area contributed by atoms with E-state index in [1.165, 1.54) is 32.1 Å². The van der Waals surface area contributed by atoms with Crippen molar-refractivity contribution in [1.29, 1.82) is 0 Å². The molecule has 0 N–H and O–H groups in total. The molecule has 0 spiro atoms. The zero-order valence-corrected chi connectivity index (χ0v) is 7.78. The first-order valence-electron chi connectivity index (χ1n) is 4.31. The van der Waals surface area contributed by atoms with Crippen molar-refractivity contribution in [1.82, 2.24) is 0 Å². The van der Waals surface area contributed by atoms with E-state index >= 15 is 0 Å². The van der Waals surface area contributed by atoms with Crippen LogP contribution in [0.2, 0.25) is 0 Å². The third-order valence-electron chi connectivity index (χ3n) is 2.63. The maximum Gasteiger partial charge on any atom is 0.222 e. The van der Waals surface area contributed by atoms with E-state index in [-0.39, 0.29) is 10.7 Å². The van der Waals surface area contributed by atoms with Crippen molar-refractivity contribution >= 4 is 16.8 Å². The van der Waals surface area contributed by atoms with Gasteiger partial charge in [0, 0.05) is 6.42 Å². The summed E-state index contributed by atoms with van der Waals surface area (Å²) in [6.07, 6.45) is 6.76. The quantitative estimate of drug-likeness (QED) is 0.588. The smallest absolute Gasteiger partial charge is 0.222 e. The van der Waals surface area contributed by atoms with Crippen LogP contribution in [0.15, 0.2) is 0 Å². The summed E-state index contributed by atoms with van der Waals surface area (Å²) < 4.78 is 0. The van der Waals surface area contributed by atoms with Crippen molar-refractivity contribution in [2.45, 2.75) is 45.4 Å². The van der Waals surface area contributed by atoms with Gasteiger partial charge in [-0.2, -0.15) is 0 Å². The highest BCUT2D eigenvalue weighted by Gasteiger charge is 2.28. The van der Waals surface area contributed by atoms with Crippen LogP contribution in [0.3, 0.4) is 0 Å². The minimum Gasteiger partial charge on any atom is -0.281 e. The highest BCUT2D eigenvalue weighted by molar-refractivity contribution is 6.63. The number of hydrogen-bond acceptors (Lipinski definition) is 1. The van der Waals surface area contributed by atoms with E-state index in [2.05, 4.69) is 6.92 Å². The first-order chi connectivity index (χ1) is 5.12. The van der Waals surface area contributed by atoms with Crippen molar-refractivity contribution in [2.24, 2.45) is 5.41 Å². The minimum absolute atomic E-state index is 0.172. The molecule has 0 heterocycles. The Morgan fingerprint density at radius 3 is 2.36 bits per heavy atom. The third kappa shape index (κ3) is 2.82. The van der Waals surface area contributed by atoms with Gasteiger partial charge in [-0.15, -0.1) is 0 Å². The maximum absolute atomic E-state index is 10.7. The van der Waals surface area contributed by atoms with Gasteiger partial charge in [-0.25, -0.2) is 0 Å². The summed E-state index contributed by atoms with van der Waals surface area (Å²) >= 11 is 5.36. The van der Waals surface area contributed by atoms with E-state index < -0.39 is 0 Å². The summed E-state index contributed by atoms with van der Waals surface area (Å²) in [6, 6.07) is 0. The summed E-state index contributed by atoms with van der Waals surface area (Å²) in [4.78, 5) is 10.7. The van der Waals surface area contributed by atoms with Crippen molar-refractivity contribution in [2.75, 3.05) is 0 Å². The molecule has 0 aromatic rings. The Morgan fingerprint density at radius 2 is 1.91 bits per heavy atom. The van der Waals surface area contributed by atoms with Crippen molar-refractivity contribution in [3.8, 4) is 0 Å². The third-order valence-corrected chi connectivity index (χ3v) is 2.76. The summed E-state index contributed by atoms with van der Waals surface area (Å²) in [7, 11) is 0. The molecule has 0 amide bonds. The molecule has 2 heteroatoms. The molecule has 11 heavy (non-hydrogen) atoms. The lowest BCUT2D eigenvalue weighted by molar-refractivity contribution is -0.114. The van der Waals surface area contributed by atoms with Crippen LogP contribution in [-0.2, 0) is 4.79 Å². The largest absolute Gasteiger partial charge is 0.281 e. The molecule has 1 aliphatic rings. The first kappa shape index (κ1) is 9.05. The van der Waals surface area contributed by atoms with E-state index in [0.717, 1.165) is 0 Å². The number of hydrogen-bond donors (Lipinski definition) is 0. The van der Waals surface area contributed by atoms with Gasteiger partial charge in [-0.05, 0) is 29.9 Å². The van der Waals surface area contributed by atoms with Gasteiger partial charge in [0.05, 0.1) is 0 Å². The molecule has 0 saturated heterocycles. The standard InChI is InChI=1S/C9H15ClO/c1-9(7-8(10)11)5-3-2-4-6-9/h2-7H2,1H3. The highest BCUT2D eigenvalue weighted by atomic mass is 35.5. The van der Waals surface area contributed by atoms with Gasteiger partial charge in [0.15, 0.2) is 0 Å². The second-order valence-electron chi connectivity index (χ2n) is 3.90. The van der Waals surface area contributed by atoms with Crippen LogP contribution in [0.5, 0.6) is 0 Å². The van der Waals surface area contributed by atoms with Gasteiger partial charge in [0.1, 0.15) is 0 Å². The predicted octanol–water partition coefficient (Wildman–Crippen LogP) is 3.11. The fraction of sp³-hybridized carbons (Fsp3) is 0.889. The Balaban J connectivity index is 2.43. The molecule has 1 aliphatic carbocycles. The zero-order valence-electron chi connectivity index (χ0n) is 7.03. The van der Waals surface area contributed by atoms with Crippen LogP contribution < -0.4 is 0 Å². The zero-order chi connectivity index (χ0) is 8.32. The van der Waals surface area contributed by atoms with Crippen LogP contribution >= 0.6 is 11.6 Å². The second-order valence-corrected chi connectivity index (χ2v) is 4.32. The number of carbonyl (C=O) groups excluding carboxylic acids is 1. The van der Waals surface area contributed by atoms with Gasteiger partial charge in [0.25, 0.3) is 0 Å². The summed E-state index contributed by atoms with van der Waals surface area (Å²) in [5.41, 5.74) is 0.219. The minimum atomic E-state index is -0.172. The van der Waals surface area contributed by atoms with Crippen LogP contribution in [0, 0.1) is 5.41 Å². The Bertz CT molecular complexity index is 148. The molecule has 0 bridgehead atoms. The second kappa shape index (κ2) is 3.57. The van der Waals surface area contributed by atoms with Crippen molar-refractivity contribution in [3.63, 3.8) is 0 Å². The fourth-order valence-electron chi connectivity index (χ4n) is 1.92. The SMILES string of the molecule is CC1(CC(=O)Cl)CCCCC1.